The van der Waals surface area contributed by atoms with E-state index < -0.39 is 6.09 Å². The number of ether oxygens (including phenoxy) is 2. The molecule has 0 radical (unpaired) electrons. The first-order valence-corrected chi connectivity index (χ1v) is 9.59. The molecule has 0 bridgehead atoms. The molecule has 0 saturated carbocycles. The van der Waals surface area contributed by atoms with Gasteiger partial charge in [-0.15, -0.1) is 5.10 Å². The standard InChI is InChI=1S/C22H20N6O3/c1-30-21-7-3-2-6-20(21)17-11-18(28-15-25-26-27-28)13-19(12-17)31-22(29)24-10-8-16-5-4-9-23-14-16/h2-7,9,11-15H,8,10H2,1H3,(H,24,29). The third-order valence-electron chi connectivity index (χ3n) is 4.54. The number of benzene rings is 2. The maximum Gasteiger partial charge on any atom is 0.412 e. The highest BCUT2D eigenvalue weighted by atomic mass is 16.6. The highest BCUT2D eigenvalue weighted by Gasteiger charge is 2.13. The molecule has 1 N–H and O–H groups in total. The van der Waals surface area contributed by atoms with Crippen molar-refractivity contribution in [3.8, 4) is 28.3 Å². The molecule has 4 rings (SSSR count). The number of rotatable bonds is 7. The smallest absolute Gasteiger partial charge is 0.412 e. The number of hydrogen-bond acceptors (Lipinski definition) is 7. The van der Waals surface area contributed by atoms with Gasteiger partial charge in [-0.25, -0.2) is 9.48 Å². The summed E-state index contributed by atoms with van der Waals surface area (Å²) in [6.45, 7) is 0.427. The Morgan fingerprint density at radius 2 is 2.03 bits per heavy atom. The number of methoxy groups -OCH3 is 1. The summed E-state index contributed by atoms with van der Waals surface area (Å²) in [7, 11) is 1.61. The topological polar surface area (TPSA) is 104 Å². The Morgan fingerprint density at radius 1 is 1.13 bits per heavy atom. The monoisotopic (exact) mass is 416 g/mol. The number of nitrogens with one attached hydrogen (secondary N) is 1. The Hall–Kier alpha value is -4.27. The molecule has 2 aromatic carbocycles. The maximum absolute atomic E-state index is 12.4. The first-order chi connectivity index (χ1) is 15.2. The second-order valence-corrected chi connectivity index (χ2v) is 6.60. The molecule has 0 saturated heterocycles. The molecule has 0 aliphatic rings. The molecule has 9 nitrogen and oxygen atoms in total. The highest BCUT2D eigenvalue weighted by Crippen LogP contribution is 2.33. The van der Waals surface area contributed by atoms with Gasteiger partial charge in [-0.2, -0.15) is 0 Å². The summed E-state index contributed by atoms with van der Waals surface area (Å²) in [6.07, 6.45) is 5.05. The number of carbonyl (C=O) groups excluding carboxylic acids is 1. The Kier molecular flexibility index (Phi) is 6.13. The van der Waals surface area contributed by atoms with E-state index in [0.717, 1.165) is 16.7 Å². The lowest BCUT2D eigenvalue weighted by Crippen LogP contribution is -2.28. The van der Waals surface area contributed by atoms with Crippen molar-refractivity contribution in [3.63, 3.8) is 0 Å². The van der Waals surface area contributed by atoms with E-state index in [2.05, 4.69) is 25.8 Å². The van der Waals surface area contributed by atoms with E-state index in [1.165, 1.54) is 11.0 Å². The van der Waals surface area contributed by atoms with Crippen molar-refractivity contribution in [2.24, 2.45) is 0 Å². The summed E-state index contributed by atoms with van der Waals surface area (Å²) in [4.78, 5) is 16.4. The van der Waals surface area contributed by atoms with Crippen molar-refractivity contribution in [2.75, 3.05) is 13.7 Å². The molecular formula is C22H20N6O3. The normalized spacial score (nSPS) is 10.5. The fraction of sp³-hybridized carbons (Fsp3) is 0.136. The van der Waals surface area contributed by atoms with Gasteiger partial charge in [-0.05, 0) is 52.2 Å². The van der Waals surface area contributed by atoms with Crippen molar-refractivity contribution in [1.29, 1.82) is 0 Å². The van der Waals surface area contributed by atoms with Crippen LogP contribution in [0, 0.1) is 0 Å². The Balaban J connectivity index is 1.55. The van der Waals surface area contributed by atoms with Crippen LogP contribution in [0.2, 0.25) is 0 Å². The van der Waals surface area contributed by atoms with Crippen molar-refractivity contribution < 1.29 is 14.3 Å². The number of tetrazole rings is 1. The number of carbonyl (C=O) groups is 1. The highest BCUT2D eigenvalue weighted by molar-refractivity contribution is 5.76. The van der Waals surface area contributed by atoms with Crippen LogP contribution in [-0.2, 0) is 6.42 Å². The molecule has 156 valence electrons. The van der Waals surface area contributed by atoms with Gasteiger partial charge < -0.3 is 14.8 Å². The lowest BCUT2D eigenvalue weighted by atomic mass is 10.0. The van der Waals surface area contributed by atoms with E-state index in [4.69, 9.17) is 9.47 Å². The van der Waals surface area contributed by atoms with Crippen LogP contribution >= 0.6 is 0 Å². The average molecular weight is 416 g/mol. The molecule has 0 fully saturated rings. The summed E-state index contributed by atoms with van der Waals surface area (Å²) in [6, 6.07) is 16.8. The number of pyridine rings is 1. The van der Waals surface area contributed by atoms with Gasteiger partial charge in [0.05, 0.1) is 12.8 Å². The van der Waals surface area contributed by atoms with Gasteiger partial charge in [0.15, 0.2) is 0 Å². The average Bonchev–Trinajstić information content (AvgIpc) is 3.35. The number of aromatic nitrogens is 5. The zero-order chi connectivity index (χ0) is 21.5. The van der Waals surface area contributed by atoms with Crippen LogP contribution in [0.4, 0.5) is 4.79 Å². The van der Waals surface area contributed by atoms with E-state index >= 15 is 0 Å². The molecule has 0 unspecified atom stereocenters. The largest absolute Gasteiger partial charge is 0.496 e. The van der Waals surface area contributed by atoms with Gasteiger partial charge in [0, 0.05) is 30.6 Å². The fourth-order valence-corrected chi connectivity index (χ4v) is 3.09. The van der Waals surface area contributed by atoms with Crippen molar-refractivity contribution in [3.05, 3.63) is 78.9 Å². The van der Waals surface area contributed by atoms with Crippen molar-refractivity contribution in [1.82, 2.24) is 30.5 Å². The molecule has 9 heteroatoms. The number of para-hydroxylation sites is 1. The maximum atomic E-state index is 12.4. The van der Waals surface area contributed by atoms with Crippen molar-refractivity contribution in [2.45, 2.75) is 6.42 Å². The van der Waals surface area contributed by atoms with Gasteiger partial charge >= 0.3 is 6.09 Å². The lowest BCUT2D eigenvalue weighted by Gasteiger charge is -2.13. The number of hydrogen-bond donors (Lipinski definition) is 1. The van der Waals surface area contributed by atoms with E-state index in [-0.39, 0.29) is 0 Å². The SMILES string of the molecule is COc1ccccc1-c1cc(OC(=O)NCCc2cccnc2)cc(-n2cnnn2)c1. The first-order valence-electron chi connectivity index (χ1n) is 9.59. The van der Waals surface area contributed by atoms with Gasteiger partial charge in [0.1, 0.15) is 17.8 Å². The molecular weight excluding hydrogens is 396 g/mol. The van der Waals surface area contributed by atoms with Gasteiger partial charge in [-0.1, -0.05) is 24.3 Å². The van der Waals surface area contributed by atoms with Gasteiger partial charge in [0.25, 0.3) is 0 Å². The van der Waals surface area contributed by atoms with Crippen LogP contribution in [0.3, 0.4) is 0 Å². The second-order valence-electron chi connectivity index (χ2n) is 6.60. The van der Waals surface area contributed by atoms with Gasteiger partial charge in [-0.3, -0.25) is 4.98 Å². The Bertz CT molecular complexity index is 1150. The zero-order valence-corrected chi connectivity index (χ0v) is 16.8. The van der Waals surface area contributed by atoms with E-state index in [0.29, 0.717) is 30.2 Å². The summed E-state index contributed by atoms with van der Waals surface area (Å²) >= 11 is 0. The number of nitrogens with zero attached hydrogens (tertiary/aromatic N) is 5. The quantitative estimate of drug-likeness (QED) is 0.494. The van der Waals surface area contributed by atoms with Crippen LogP contribution in [0.1, 0.15) is 5.56 Å². The van der Waals surface area contributed by atoms with Crippen LogP contribution in [0.25, 0.3) is 16.8 Å². The molecule has 2 aromatic heterocycles. The molecule has 31 heavy (non-hydrogen) atoms. The van der Waals surface area contributed by atoms with Crippen LogP contribution in [-0.4, -0.2) is 44.9 Å². The fourth-order valence-electron chi connectivity index (χ4n) is 3.09. The van der Waals surface area contributed by atoms with Crippen LogP contribution in [0.15, 0.2) is 73.3 Å². The predicted molar refractivity (Wildman–Crippen MR) is 113 cm³/mol. The minimum Gasteiger partial charge on any atom is -0.496 e. The Labute approximate surface area is 178 Å². The van der Waals surface area contributed by atoms with E-state index in [1.54, 1.807) is 31.6 Å². The molecule has 4 aromatic rings. The molecule has 2 heterocycles. The molecule has 0 aliphatic heterocycles. The molecule has 0 aliphatic carbocycles. The lowest BCUT2D eigenvalue weighted by molar-refractivity contribution is 0.200. The number of amides is 1. The third kappa shape index (κ3) is 5.02. The van der Waals surface area contributed by atoms with E-state index in [9.17, 15) is 4.79 Å². The summed E-state index contributed by atoms with van der Waals surface area (Å²) in [5, 5.41) is 14.0. The third-order valence-corrected chi connectivity index (χ3v) is 4.54. The summed E-state index contributed by atoms with van der Waals surface area (Å²) in [5.41, 5.74) is 3.32. The first kappa shape index (κ1) is 20.0. The molecule has 0 atom stereocenters. The van der Waals surface area contributed by atoms with Crippen molar-refractivity contribution >= 4 is 6.09 Å². The van der Waals surface area contributed by atoms with E-state index in [1.807, 2.05) is 42.5 Å². The summed E-state index contributed by atoms with van der Waals surface area (Å²) < 4.78 is 12.5. The van der Waals surface area contributed by atoms with Crippen LogP contribution < -0.4 is 14.8 Å². The summed E-state index contributed by atoms with van der Waals surface area (Å²) in [5.74, 6) is 1.05. The minimum absolute atomic E-state index is 0.354. The second kappa shape index (κ2) is 9.49. The minimum atomic E-state index is -0.552. The van der Waals surface area contributed by atoms with Crippen LogP contribution in [0.5, 0.6) is 11.5 Å². The molecule has 1 amide bonds. The van der Waals surface area contributed by atoms with Gasteiger partial charge in [0.2, 0.25) is 0 Å². The Morgan fingerprint density at radius 3 is 2.81 bits per heavy atom. The zero-order valence-electron chi connectivity index (χ0n) is 16.8. The molecule has 0 spiro atoms. The predicted octanol–water partition coefficient (Wildman–Crippen LogP) is 3.06.